The summed E-state index contributed by atoms with van der Waals surface area (Å²) in [5.74, 6) is -0.334. The molecule has 1 aliphatic heterocycles. The van der Waals surface area contributed by atoms with E-state index in [1.807, 2.05) is 0 Å². The van der Waals surface area contributed by atoms with E-state index in [1.165, 1.54) is 7.11 Å². The first kappa shape index (κ1) is 19.7. The molecule has 2 N–H and O–H groups in total. The predicted octanol–water partition coefficient (Wildman–Crippen LogP) is 3.41. The van der Waals surface area contributed by atoms with E-state index in [2.05, 4.69) is 5.32 Å². The molecule has 0 spiro atoms. The van der Waals surface area contributed by atoms with Crippen molar-refractivity contribution in [1.82, 2.24) is 4.90 Å². The van der Waals surface area contributed by atoms with Gasteiger partial charge in [-0.3, -0.25) is 4.79 Å². The van der Waals surface area contributed by atoms with Gasteiger partial charge in [0, 0.05) is 13.0 Å². The second kappa shape index (κ2) is 7.74. The number of imide groups is 1. The van der Waals surface area contributed by atoms with Crippen LogP contribution < -0.4 is 10.1 Å². The molecule has 0 fully saturated rings. The summed E-state index contributed by atoms with van der Waals surface area (Å²) in [5.41, 5.74) is -0.317. The molecule has 0 atom stereocenters. The molecular formula is C18H22N2O5S. The van der Waals surface area contributed by atoms with Gasteiger partial charge in [-0.05, 0) is 32.9 Å². The maximum absolute atomic E-state index is 12.7. The van der Waals surface area contributed by atoms with Crippen LogP contribution in [-0.2, 0) is 9.53 Å². The smallest absolute Gasteiger partial charge is 0.417 e. The zero-order valence-electron chi connectivity index (χ0n) is 15.2. The number of aliphatic hydroxyl groups is 1. The van der Waals surface area contributed by atoms with Crippen LogP contribution in [0.4, 0.5) is 10.5 Å². The van der Waals surface area contributed by atoms with E-state index in [9.17, 15) is 14.7 Å². The lowest BCUT2D eigenvalue weighted by Gasteiger charge is -2.29. The minimum absolute atomic E-state index is 0.00487. The molecule has 0 saturated heterocycles. The summed E-state index contributed by atoms with van der Waals surface area (Å²) in [7, 11) is 1.51. The number of nitrogens with zero attached hydrogens (tertiary/aromatic N) is 1. The molecule has 8 heteroatoms. The molecule has 26 heavy (non-hydrogen) atoms. The van der Waals surface area contributed by atoms with Crippen LogP contribution in [0.1, 0.15) is 27.2 Å². The summed E-state index contributed by atoms with van der Waals surface area (Å²) < 4.78 is 10.5. The molecule has 0 bridgehead atoms. The summed E-state index contributed by atoms with van der Waals surface area (Å²) >= 11 is 5.28. The summed E-state index contributed by atoms with van der Waals surface area (Å²) in [6.45, 7) is 5.16. The number of methoxy groups -OCH3 is 1. The van der Waals surface area contributed by atoms with Crippen LogP contribution in [0.5, 0.6) is 5.75 Å². The maximum atomic E-state index is 12.7. The molecule has 1 heterocycles. The second-order valence-corrected chi connectivity index (χ2v) is 7.07. The van der Waals surface area contributed by atoms with Crippen LogP contribution in [0, 0.1) is 0 Å². The summed E-state index contributed by atoms with van der Waals surface area (Å²) in [6.07, 6.45) is -0.666. The number of nitrogens with one attached hydrogen (secondary N) is 1. The van der Waals surface area contributed by atoms with E-state index >= 15 is 0 Å². The molecule has 0 aliphatic carbocycles. The van der Waals surface area contributed by atoms with Gasteiger partial charge in [0.25, 0.3) is 5.91 Å². The third-order valence-electron chi connectivity index (χ3n) is 3.52. The number of anilines is 1. The van der Waals surface area contributed by atoms with Crippen LogP contribution in [0.25, 0.3) is 0 Å². The fourth-order valence-electron chi connectivity index (χ4n) is 2.35. The van der Waals surface area contributed by atoms with E-state index < -0.39 is 17.6 Å². The topological polar surface area (TPSA) is 88.1 Å². The van der Waals surface area contributed by atoms with E-state index in [1.54, 1.807) is 45.0 Å². The number of benzene rings is 1. The molecule has 1 aromatic rings. The molecule has 2 rings (SSSR count). The van der Waals surface area contributed by atoms with Gasteiger partial charge in [-0.25, -0.2) is 9.69 Å². The van der Waals surface area contributed by atoms with Crippen LogP contribution in [0.3, 0.4) is 0 Å². The minimum Gasteiger partial charge on any atom is -0.511 e. The number of rotatable bonds is 3. The van der Waals surface area contributed by atoms with Crippen molar-refractivity contribution in [3.05, 3.63) is 35.6 Å². The highest BCUT2D eigenvalue weighted by Gasteiger charge is 2.36. The molecular weight excluding hydrogens is 356 g/mol. The number of para-hydroxylation sites is 2. The molecule has 0 unspecified atom stereocenters. The van der Waals surface area contributed by atoms with Crippen LogP contribution in [-0.4, -0.2) is 46.3 Å². The van der Waals surface area contributed by atoms with E-state index in [4.69, 9.17) is 21.7 Å². The molecule has 140 valence electrons. The number of carbonyl (C=O) groups is 2. The van der Waals surface area contributed by atoms with Crippen molar-refractivity contribution in [2.24, 2.45) is 0 Å². The van der Waals surface area contributed by atoms with E-state index in [0.29, 0.717) is 11.4 Å². The lowest BCUT2D eigenvalue weighted by atomic mass is 10.1. The van der Waals surface area contributed by atoms with Crippen molar-refractivity contribution >= 4 is 34.9 Å². The zero-order chi connectivity index (χ0) is 19.5. The van der Waals surface area contributed by atoms with Gasteiger partial charge < -0.3 is 19.9 Å². The Morgan fingerprint density at radius 3 is 2.58 bits per heavy atom. The van der Waals surface area contributed by atoms with Crippen molar-refractivity contribution in [3.63, 3.8) is 0 Å². The van der Waals surface area contributed by atoms with Crippen LogP contribution >= 0.6 is 12.2 Å². The average Bonchev–Trinajstić information content (AvgIpc) is 2.53. The minimum atomic E-state index is -0.771. The summed E-state index contributed by atoms with van der Waals surface area (Å²) in [6, 6.07) is 7.02. The number of aliphatic hydroxyl groups excluding tert-OH is 1. The van der Waals surface area contributed by atoms with Crippen molar-refractivity contribution in [1.29, 1.82) is 0 Å². The monoisotopic (exact) mass is 378 g/mol. The lowest BCUT2D eigenvalue weighted by molar-refractivity contribution is -0.126. The molecule has 0 aromatic heterocycles. The highest BCUT2D eigenvalue weighted by atomic mass is 32.1. The lowest BCUT2D eigenvalue weighted by Crippen LogP contribution is -2.46. The first-order valence-corrected chi connectivity index (χ1v) is 8.46. The maximum Gasteiger partial charge on any atom is 0.417 e. The number of hydrogen-bond donors (Lipinski definition) is 2. The van der Waals surface area contributed by atoms with Gasteiger partial charge in [0.1, 0.15) is 27.7 Å². The molecule has 1 aromatic carbocycles. The summed E-state index contributed by atoms with van der Waals surface area (Å²) in [5, 5.41) is 13.1. The Bertz CT molecular complexity index is 767. The largest absolute Gasteiger partial charge is 0.511 e. The fraction of sp³-hybridized carbons (Fsp3) is 0.389. The highest BCUT2D eigenvalue weighted by Crippen LogP contribution is 2.26. The number of amides is 2. The fourth-order valence-corrected chi connectivity index (χ4v) is 2.67. The number of thiocarbonyl (C=S) groups is 1. The molecule has 1 aliphatic rings. The van der Waals surface area contributed by atoms with Crippen molar-refractivity contribution in [3.8, 4) is 5.75 Å². The second-order valence-electron chi connectivity index (χ2n) is 6.66. The van der Waals surface area contributed by atoms with Crippen LogP contribution in [0.15, 0.2) is 35.6 Å². The summed E-state index contributed by atoms with van der Waals surface area (Å²) in [4.78, 5) is 25.9. The molecule has 0 radical (unpaired) electrons. The van der Waals surface area contributed by atoms with E-state index in [-0.39, 0.29) is 29.3 Å². The van der Waals surface area contributed by atoms with Gasteiger partial charge >= 0.3 is 6.09 Å². The Morgan fingerprint density at radius 2 is 1.96 bits per heavy atom. The first-order chi connectivity index (χ1) is 12.1. The molecule has 0 saturated carbocycles. The third kappa shape index (κ3) is 4.51. The van der Waals surface area contributed by atoms with Crippen molar-refractivity contribution in [2.45, 2.75) is 32.8 Å². The average molecular weight is 378 g/mol. The number of carbonyl (C=O) groups excluding carboxylic acids is 2. The van der Waals surface area contributed by atoms with Gasteiger partial charge in [0.05, 0.1) is 12.8 Å². The Hall–Kier alpha value is -2.61. The van der Waals surface area contributed by atoms with Gasteiger partial charge in [0.2, 0.25) is 0 Å². The first-order valence-electron chi connectivity index (χ1n) is 8.05. The molecule has 2 amide bonds. The normalized spacial score (nSPS) is 14.9. The van der Waals surface area contributed by atoms with Crippen LogP contribution in [0.2, 0.25) is 0 Å². The Kier molecular flexibility index (Phi) is 5.86. The quantitative estimate of drug-likeness (QED) is 0.779. The SMILES string of the molecule is COc1ccccc1NC(=S)C1=C(O)CCN(C(=O)OC(C)(C)C)C1=O. The number of ether oxygens (including phenoxy) is 2. The Balaban J connectivity index is 2.22. The van der Waals surface area contributed by atoms with Gasteiger partial charge in [-0.15, -0.1) is 0 Å². The predicted molar refractivity (Wildman–Crippen MR) is 101 cm³/mol. The van der Waals surface area contributed by atoms with Gasteiger partial charge in [-0.1, -0.05) is 24.4 Å². The van der Waals surface area contributed by atoms with Gasteiger partial charge in [0.15, 0.2) is 0 Å². The highest BCUT2D eigenvalue weighted by molar-refractivity contribution is 7.81. The van der Waals surface area contributed by atoms with E-state index in [0.717, 1.165) is 4.90 Å². The molecule has 7 nitrogen and oxygen atoms in total. The van der Waals surface area contributed by atoms with Crippen molar-refractivity contribution in [2.75, 3.05) is 19.0 Å². The Morgan fingerprint density at radius 1 is 1.31 bits per heavy atom. The third-order valence-corrected chi connectivity index (χ3v) is 3.82. The Labute approximate surface area is 157 Å². The number of hydrogen-bond acceptors (Lipinski definition) is 6. The standard InChI is InChI=1S/C18H22N2O5S/c1-18(2,3)25-17(23)20-10-9-12(21)14(16(20)22)15(26)19-11-7-5-6-8-13(11)24-4/h5-8,21H,9-10H2,1-4H3,(H,19,26). The van der Waals surface area contributed by atoms with Gasteiger partial charge in [-0.2, -0.15) is 0 Å². The zero-order valence-corrected chi connectivity index (χ0v) is 16.0. The van der Waals surface area contributed by atoms with Crippen molar-refractivity contribution < 1.29 is 24.2 Å².